The number of fused-ring (bicyclic) bond motifs is 4. The lowest BCUT2D eigenvalue weighted by Gasteiger charge is -2.30. The van der Waals surface area contributed by atoms with Crippen LogP contribution in [0.15, 0.2) is 135 Å². The highest BCUT2D eigenvalue weighted by Gasteiger charge is 2.30. The Hall–Kier alpha value is -4.05. The van der Waals surface area contributed by atoms with E-state index < -0.39 is 10.0 Å². The monoisotopic (exact) mass is 579 g/mol. The number of amides is 1. The van der Waals surface area contributed by atoms with Crippen molar-refractivity contribution in [3.05, 3.63) is 115 Å². The van der Waals surface area contributed by atoms with Crippen LogP contribution >= 0.6 is 23.5 Å². The zero-order valence-corrected chi connectivity index (χ0v) is 23.4. The number of hydrogen-bond acceptors (Lipinski definition) is 6. The first-order valence-electron chi connectivity index (χ1n) is 12.5. The van der Waals surface area contributed by atoms with Crippen LogP contribution in [-0.2, 0) is 14.8 Å². The number of hydrogen-bond donors (Lipinski definition) is 0. The lowest BCUT2D eigenvalue weighted by molar-refractivity contribution is -0.115. The summed E-state index contributed by atoms with van der Waals surface area (Å²) in [4.78, 5) is 22.3. The smallest absolute Gasteiger partial charge is 0.270 e. The van der Waals surface area contributed by atoms with Gasteiger partial charge in [0.05, 0.1) is 33.1 Å². The molecule has 0 saturated carbocycles. The highest BCUT2D eigenvalue weighted by molar-refractivity contribution is 8.00. The summed E-state index contributed by atoms with van der Waals surface area (Å²) >= 11 is 2.75. The maximum Gasteiger partial charge on any atom is 0.270 e. The van der Waals surface area contributed by atoms with Crippen molar-refractivity contribution in [2.75, 3.05) is 10.7 Å². The van der Waals surface area contributed by atoms with Gasteiger partial charge in [-0.25, -0.2) is 17.4 Å². The van der Waals surface area contributed by atoms with Gasteiger partial charge in [-0.2, -0.15) is 0 Å². The molecule has 7 rings (SSSR count). The maximum atomic E-state index is 14.1. The minimum absolute atomic E-state index is 0.00387. The Morgan fingerprint density at radius 1 is 0.750 bits per heavy atom. The van der Waals surface area contributed by atoms with Gasteiger partial charge in [-0.3, -0.25) is 9.69 Å². The van der Waals surface area contributed by atoms with Crippen LogP contribution < -0.4 is 4.90 Å². The molecular formula is C31H21N3O3S3. The van der Waals surface area contributed by atoms with E-state index in [4.69, 9.17) is 0 Å². The Balaban J connectivity index is 1.27. The van der Waals surface area contributed by atoms with Gasteiger partial charge in [-0.15, -0.1) is 0 Å². The highest BCUT2D eigenvalue weighted by Crippen LogP contribution is 2.48. The molecule has 196 valence electrons. The zero-order valence-electron chi connectivity index (χ0n) is 21.0. The van der Waals surface area contributed by atoms with E-state index in [0.29, 0.717) is 11.0 Å². The summed E-state index contributed by atoms with van der Waals surface area (Å²) in [7, 11) is -4.01. The van der Waals surface area contributed by atoms with Crippen LogP contribution in [0.1, 0.15) is 0 Å². The number of imidazole rings is 1. The van der Waals surface area contributed by atoms with E-state index >= 15 is 0 Å². The van der Waals surface area contributed by atoms with Gasteiger partial charge >= 0.3 is 0 Å². The van der Waals surface area contributed by atoms with Crippen LogP contribution in [0.4, 0.5) is 11.4 Å². The van der Waals surface area contributed by atoms with E-state index in [1.807, 2.05) is 78.9 Å². The van der Waals surface area contributed by atoms with Crippen molar-refractivity contribution in [2.24, 2.45) is 0 Å². The first-order chi connectivity index (χ1) is 19.5. The van der Waals surface area contributed by atoms with Crippen molar-refractivity contribution in [2.45, 2.75) is 19.8 Å². The Kier molecular flexibility index (Phi) is 6.14. The summed E-state index contributed by atoms with van der Waals surface area (Å²) in [5.74, 6) is -0.156. The minimum Gasteiger partial charge on any atom is -0.278 e. The molecular weight excluding hydrogens is 559 g/mol. The largest absolute Gasteiger partial charge is 0.278 e. The molecule has 1 aliphatic heterocycles. The third kappa shape index (κ3) is 4.18. The van der Waals surface area contributed by atoms with Crippen molar-refractivity contribution in [3.8, 4) is 0 Å². The molecule has 0 fully saturated rings. The third-order valence-electron chi connectivity index (χ3n) is 6.76. The summed E-state index contributed by atoms with van der Waals surface area (Å²) in [6.07, 6.45) is 0. The third-order valence-corrected chi connectivity index (χ3v) is 10.6. The average Bonchev–Trinajstić information content (AvgIpc) is 3.37. The average molecular weight is 580 g/mol. The fraction of sp³-hybridized carbons (Fsp3) is 0.0323. The van der Waals surface area contributed by atoms with E-state index in [9.17, 15) is 13.2 Å². The highest BCUT2D eigenvalue weighted by atomic mass is 32.2. The predicted octanol–water partition coefficient (Wildman–Crippen LogP) is 7.35. The second-order valence-corrected chi connectivity index (χ2v) is 13.0. The molecule has 1 aliphatic rings. The molecule has 1 amide bonds. The molecule has 0 N–H and O–H groups in total. The lowest BCUT2D eigenvalue weighted by Crippen LogP contribution is -2.30. The van der Waals surface area contributed by atoms with Gasteiger partial charge in [0.2, 0.25) is 5.91 Å². The molecule has 5 aromatic carbocycles. The number of nitrogens with zero attached hydrogens (tertiary/aromatic N) is 3. The summed E-state index contributed by atoms with van der Waals surface area (Å²) in [6.45, 7) is 0. The van der Waals surface area contributed by atoms with Gasteiger partial charge < -0.3 is 0 Å². The summed E-state index contributed by atoms with van der Waals surface area (Å²) in [5, 5.41) is 2.03. The van der Waals surface area contributed by atoms with Gasteiger partial charge in [0.1, 0.15) is 0 Å². The van der Waals surface area contributed by atoms with Crippen molar-refractivity contribution < 1.29 is 13.2 Å². The molecule has 0 bridgehead atoms. The molecule has 0 atom stereocenters. The van der Waals surface area contributed by atoms with Gasteiger partial charge in [-0.05, 0) is 59.3 Å². The Morgan fingerprint density at radius 3 is 2.12 bits per heavy atom. The van der Waals surface area contributed by atoms with E-state index in [2.05, 4.69) is 4.98 Å². The number of anilines is 2. The minimum atomic E-state index is -4.01. The number of thioether (sulfide) groups is 1. The van der Waals surface area contributed by atoms with Crippen molar-refractivity contribution >= 4 is 72.6 Å². The molecule has 0 spiro atoms. The topological polar surface area (TPSA) is 72.3 Å². The molecule has 6 nitrogen and oxygen atoms in total. The first-order valence-corrected chi connectivity index (χ1v) is 15.8. The number of carbonyl (C=O) groups excluding carboxylic acids is 1. The van der Waals surface area contributed by atoms with Gasteiger partial charge in [-0.1, -0.05) is 90.3 Å². The number of carbonyl (C=O) groups is 1. The zero-order chi connectivity index (χ0) is 27.3. The van der Waals surface area contributed by atoms with Crippen LogP contribution in [0.3, 0.4) is 0 Å². The molecule has 9 heteroatoms. The molecule has 0 radical (unpaired) electrons. The van der Waals surface area contributed by atoms with E-state index in [-0.39, 0.29) is 21.7 Å². The Morgan fingerprint density at radius 2 is 1.38 bits per heavy atom. The van der Waals surface area contributed by atoms with Crippen LogP contribution in [0, 0.1) is 0 Å². The Labute approximate surface area is 239 Å². The number of aromatic nitrogens is 2. The second-order valence-electron chi connectivity index (χ2n) is 9.22. The van der Waals surface area contributed by atoms with Crippen molar-refractivity contribution in [1.29, 1.82) is 0 Å². The number of para-hydroxylation sites is 4. The van der Waals surface area contributed by atoms with Crippen LogP contribution in [0.5, 0.6) is 0 Å². The maximum absolute atomic E-state index is 14.1. The van der Waals surface area contributed by atoms with Crippen LogP contribution in [-0.4, -0.2) is 29.0 Å². The molecule has 2 heterocycles. The molecule has 0 unspecified atom stereocenters. The molecule has 1 aromatic heterocycles. The normalized spacial score (nSPS) is 12.8. The predicted molar refractivity (Wildman–Crippen MR) is 161 cm³/mol. The van der Waals surface area contributed by atoms with Crippen LogP contribution in [0.25, 0.3) is 21.8 Å². The van der Waals surface area contributed by atoms with Crippen LogP contribution in [0.2, 0.25) is 0 Å². The van der Waals surface area contributed by atoms with E-state index in [0.717, 1.165) is 43.7 Å². The van der Waals surface area contributed by atoms with Gasteiger partial charge in [0, 0.05) is 9.79 Å². The number of benzene rings is 5. The second kappa shape index (κ2) is 9.85. The SMILES string of the molecule is O=C(CSc1nc2ccccc2n1S(=O)(=O)c1ccc2ccccc2c1)N1c2ccccc2Sc2ccccc21. The molecule has 0 aliphatic carbocycles. The van der Waals surface area contributed by atoms with E-state index in [1.165, 1.54) is 3.97 Å². The summed E-state index contributed by atoms with van der Waals surface area (Å²) in [5.41, 5.74) is 2.64. The molecule has 6 aromatic rings. The summed E-state index contributed by atoms with van der Waals surface area (Å²) in [6, 6.07) is 35.5. The quantitative estimate of drug-likeness (QED) is 0.199. The Bertz CT molecular complexity index is 2010. The van der Waals surface area contributed by atoms with Gasteiger partial charge in [0.25, 0.3) is 10.0 Å². The van der Waals surface area contributed by atoms with Crippen molar-refractivity contribution in [1.82, 2.24) is 8.96 Å². The number of rotatable bonds is 5. The lowest BCUT2D eigenvalue weighted by atomic mass is 10.1. The molecule has 0 saturated heterocycles. The standard InChI is InChI=1S/C31H21N3O3S3/c35-30(33-26-13-5-7-15-28(26)39-29-16-8-6-14-27(29)33)20-38-31-32-24-11-3-4-12-25(24)34(31)40(36,37)23-18-17-21-9-1-2-10-22(21)19-23/h1-19H,20H2. The fourth-order valence-electron chi connectivity index (χ4n) is 4.90. The molecule has 40 heavy (non-hydrogen) atoms. The summed E-state index contributed by atoms with van der Waals surface area (Å²) < 4.78 is 29.4. The van der Waals surface area contributed by atoms with E-state index in [1.54, 1.807) is 53.1 Å². The first kappa shape index (κ1) is 25.0. The fourth-order valence-corrected chi connectivity index (χ4v) is 8.56. The van der Waals surface area contributed by atoms with Crippen molar-refractivity contribution in [3.63, 3.8) is 0 Å². The van der Waals surface area contributed by atoms with Gasteiger partial charge in [0.15, 0.2) is 5.16 Å².